The third-order valence-electron chi connectivity index (χ3n) is 5.16. The van der Waals surface area contributed by atoms with Gasteiger partial charge in [-0.1, -0.05) is 36.0 Å². The van der Waals surface area contributed by atoms with E-state index in [9.17, 15) is 9.59 Å². The van der Waals surface area contributed by atoms with E-state index in [-0.39, 0.29) is 18.3 Å². The molecule has 0 saturated heterocycles. The quantitative estimate of drug-likeness (QED) is 0.550. The second-order valence-corrected chi connectivity index (χ2v) is 8.71. The van der Waals surface area contributed by atoms with Crippen molar-refractivity contribution in [1.29, 1.82) is 0 Å². The zero-order chi connectivity index (χ0) is 24.7. The second-order valence-electron chi connectivity index (χ2n) is 7.74. The molecule has 0 aliphatic carbocycles. The van der Waals surface area contributed by atoms with Gasteiger partial charge < -0.3 is 25.0 Å². The number of carbonyl (C=O) groups excluding carboxylic acids is 2. The predicted molar refractivity (Wildman–Crippen MR) is 137 cm³/mol. The van der Waals surface area contributed by atoms with Crippen LogP contribution in [0.1, 0.15) is 25.5 Å². The maximum atomic E-state index is 12.7. The maximum Gasteiger partial charge on any atom is 0.338 e. The molecule has 0 radical (unpaired) electrons. The molecule has 1 heterocycles. The summed E-state index contributed by atoms with van der Waals surface area (Å²) in [6.07, 6.45) is 0. The van der Waals surface area contributed by atoms with Crippen LogP contribution in [0.4, 0.5) is 11.4 Å². The fraction of sp³-hybridized carbons (Fsp3) is 0.320. The lowest BCUT2D eigenvalue weighted by molar-refractivity contribution is -0.139. The normalized spacial score (nSPS) is 15.2. The fourth-order valence-electron chi connectivity index (χ4n) is 3.46. The third kappa shape index (κ3) is 6.11. The minimum Gasteiger partial charge on any atom is -0.495 e. The lowest BCUT2D eigenvalue weighted by atomic mass is 9.96. The number of amides is 1. The first-order chi connectivity index (χ1) is 16.3. The van der Waals surface area contributed by atoms with Gasteiger partial charge >= 0.3 is 5.97 Å². The number of esters is 1. The van der Waals surface area contributed by atoms with E-state index >= 15 is 0 Å². The molecule has 0 saturated carbocycles. The van der Waals surface area contributed by atoms with Crippen LogP contribution in [0.25, 0.3) is 0 Å². The van der Waals surface area contributed by atoms with Crippen LogP contribution >= 0.6 is 11.8 Å². The van der Waals surface area contributed by atoms with E-state index in [4.69, 9.17) is 14.5 Å². The highest BCUT2D eigenvalue weighted by molar-refractivity contribution is 8.14. The van der Waals surface area contributed by atoms with Crippen molar-refractivity contribution in [3.63, 3.8) is 0 Å². The van der Waals surface area contributed by atoms with Gasteiger partial charge in [-0.05, 0) is 43.7 Å². The number of nitrogens with one attached hydrogen (secondary N) is 2. The monoisotopic (exact) mass is 482 g/mol. The Hall–Kier alpha value is -3.46. The Bertz CT molecular complexity index is 1100. The first kappa shape index (κ1) is 25.2. The second kappa shape index (κ2) is 11.6. The summed E-state index contributed by atoms with van der Waals surface area (Å²) in [6.45, 7) is 3.86. The van der Waals surface area contributed by atoms with Crippen LogP contribution in [0.5, 0.6) is 5.75 Å². The number of nitrogens with zero attached hydrogens (tertiary/aromatic N) is 2. The Kier molecular flexibility index (Phi) is 8.59. The first-order valence-corrected chi connectivity index (χ1v) is 11.9. The van der Waals surface area contributed by atoms with Crippen LogP contribution in [0.3, 0.4) is 0 Å². The molecule has 8 nitrogen and oxygen atoms in total. The summed E-state index contributed by atoms with van der Waals surface area (Å²) in [5.41, 5.74) is 3.63. The van der Waals surface area contributed by atoms with Gasteiger partial charge in [0.05, 0.1) is 30.7 Å². The molecule has 2 aromatic rings. The Morgan fingerprint density at radius 3 is 2.50 bits per heavy atom. The van der Waals surface area contributed by atoms with Gasteiger partial charge in [0, 0.05) is 25.5 Å². The molecule has 0 unspecified atom stereocenters. The Balaban J connectivity index is 1.79. The van der Waals surface area contributed by atoms with Gasteiger partial charge in [-0.25, -0.2) is 9.79 Å². The van der Waals surface area contributed by atoms with E-state index in [2.05, 4.69) is 10.6 Å². The van der Waals surface area contributed by atoms with Gasteiger partial charge in [-0.15, -0.1) is 0 Å². The van der Waals surface area contributed by atoms with E-state index in [0.29, 0.717) is 27.9 Å². The molecule has 1 atom stereocenters. The molecule has 2 aromatic carbocycles. The molecule has 34 heavy (non-hydrogen) atoms. The van der Waals surface area contributed by atoms with Crippen LogP contribution < -0.4 is 20.3 Å². The zero-order valence-corrected chi connectivity index (χ0v) is 20.9. The number of ether oxygens (including phenoxy) is 2. The number of aliphatic imine (C=N–C) groups is 1. The topological polar surface area (TPSA) is 92.3 Å². The van der Waals surface area contributed by atoms with Crippen LogP contribution in [-0.2, 0) is 14.3 Å². The summed E-state index contributed by atoms with van der Waals surface area (Å²) in [5, 5.41) is 6.57. The predicted octanol–water partition coefficient (Wildman–Crippen LogP) is 3.97. The summed E-state index contributed by atoms with van der Waals surface area (Å²) < 4.78 is 10.6. The number of amidine groups is 1. The minimum atomic E-state index is -0.531. The van der Waals surface area contributed by atoms with Crippen molar-refractivity contribution in [3.05, 3.63) is 65.4 Å². The molecule has 0 bridgehead atoms. The maximum absolute atomic E-state index is 12.7. The average Bonchev–Trinajstić information content (AvgIpc) is 2.83. The summed E-state index contributed by atoms with van der Waals surface area (Å²) in [4.78, 5) is 32.0. The first-order valence-electron chi connectivity index (χ1n) is 10.9. The number of hydrogen-bond donors (Lipinski definition) is 2. The van der Waals surface area contributed by atoms with Gasteiger partial charge in [-0.2, -0.15) is 0 Å². The lowest BCUT2D eigenvalue weighted by Crippen LogP contribution is -2.31. The van der Waals surface area contributed by atoms with Crippen molar-refractivity contribution < 1.29 is 19.1 Å². The molecular formula is C25H30N4O4S. The number of hydrogen-bond acceptors (Lipinski definition) is 8. The molecule has 0 fully saturated rings. The highest BCUT2D eigenvalue weighted by atomic mass is 32.2. The van der Waals surface area contributed by atoms with Crippen molar-refractivity contribution in [1.82, 2.24) is 5.32 Å². The molecule has 1 aliphatic heterocycles. The zero-order valence-electron chi connectivity index (χ0n) is 20.0. The minimum absolute atomic E-state index is 0.137. The van der Waals surface area contributed by atoms with Crippen LogP contribution in [0.2, 0.25) is 0 Å². The summed E-state index contributed by atoms with van der Waals surface area (Å²) in [5.74, 6) is 0.130. The van der Waals surface area contributed by atoms with E-state index in [1.807, 2.05) is 62.3 Å². The number of methoxy groups -OCH3 is 1. The van der Waals surface area contributed by atoms with E-state index in [0.717, 1.165) is 11.3 Å². The van der Waals surface area contributed by atoms with E-state index < -0.39 is 12.0 Å². The summed E-state index contributed by atoms with van der Waals surface area (Å²) >= 11 is 1.27. The van der Waals surface area contributed by atoms with E-state index in [1.165, 1.54) is 11.8 Å². The number of benzene rings is 2. The van der Waals surface area contributed by atoms with Crippen LogP contribution in [-0.4, -0.2) is 50.6 Å². The molecule has 3 rings (SSSR count). The highest BCUT2D eigenvalue weighted by Crippen LogP contribution is 2.34. The molecule has 180 valence electrons. The molecule has 1 aliphatic rings. The van der Waals surface area contributed by atoms with Crippen molar-refractivity contribution in [2.45, 2.75) is 19.9 Å². The standard InChI is InChI=1S/C25H30N4O4S/c1-6-33-24(31)22-16(2)26-25(28-23(22)17-11-13-18(14-12-17)29(3)4)34-15-21(30)27-19-9-7-8-10-20(19)32-5/h7-14,23H,6,15H2,1-5H3,(H,26,28)(H,27,30)/t23-/m1/s1. The molecule has 0 aromatic heterocycles. The van der Waals surface area contributed by atoms with Gasteiger partial charge in [0.25, 0.3) is 0 Å². The Labute approximate surface area is 204 Å². The Morgan fingerprint density at radius 1 is 1.15 bits per heavy atom. The molecule has 9 heteroatoms. The van der Waals surface area contributed by atoms with Crippen molar-refractivity contribution >= 4 is 40.2 Å². The van der Waals surface area contributed by atoms with Crippen molar-refractivity contribution in [2.24, 2.45) is 4.99 Å². The van der Waals surface area contributed by atoms with Gasteiger partial charge in [0.2, 0.25) is 5.91 Å². The number of anilines is 2. The number of carbonyl (C=O) groups is 2. The number of thioether (sulfide) groups is 1. The Morgan fingerprint density at radius 2 is 1.85 bits per heavy atom. The van der Waals surface area contributed by atoms with Gasteiger partial charge in [0.15, 0.2) is 5.17 Å². The van der Waals surface area contributed by atoms with Crippen LogP contribution in [0, 0.1) is 0 Å². The van der Waals surface area contributed by atoms with Gasteiger partial charge in [-0.3, -0.25) is 4.79 Å². The van der Waals surface area contributed by atoms with E-state index in [1.54, 1.807) is 26.2 Å². The van der Waals surface area contributed by atoms with Crippen molar-refractivity contribution in [2.75, 3.05) is 43.8 Å². The SMILES string of the molecule is CCOC(=O)C1=C(C)NC(SCC(=O)Nc2ccccc2OC)=N[C@@H]1c1ccc(N(C)C)cc1. The molecular weight excluding hydrogens is 452 g/mol. The average molecular weight is 483 g/mol. The lowest BCUT2D eigenvalue weighted by Gasteiger charge is -2.26. The fourth-order valence-corrected chi connectivity index (χ4v) is 4.20. The molecule has 1 amide bonds. The van der Waals surface area contributed by atoms with Crippen molar-refractivity contribution in [3.8, 4) is 5.75 Å². The van der Waals surface area contributed by atoms with Crippen LogP contribution in [0.15, 0.2) is 64.8 Å². The third-order valence-corrected chi connectivity index (χ3v) is 6.05. The number of para-hydroxylation sites is 2. The smallest absolute Gasteiger partial charge is 0.338 e. The molecule has 2 N–H and O–H groups in total. The molecule has 0 spiro atoms. The number of allylic oxidation sites excluding steroid dienone is 1. The van der Waals surface area contributed by atoms with Gasteiger partial charge in [0.1, 0.15) is 11.8 Å². The summed E-state index contributed by atoms with van der Waals surface area (Å²) in [6, 6.07) is 14.6. The highest BCUT2D eigenvalue weighted by Gasteiger charge is 2.30. The summed E-state index contributed by atoms with van der Waals surface area (Å²) in [7, 11) is 5.50. The largest absolute Gasteiger partial charge is 0.495 e. The number of rotatable bonds is 8.